The molecule has 0 spiro atoms. The van der Waals surface area contributed by atoms with E-state index in [2.05, 4.69) is 5.32 Å². The van der Waals surface area contributed by atoms with E-state index in [0.29, 0.717) is 24.2 Å². The zero-order valence-electron chi connectivity index (χ0n) is 12.6. The van der Waals surface area contributed by atoms with Gasteiger partial charge in [-0.2, -0.15) is 0 Å². The predicted molar refractivity (Wildman–Crippen MR) is 83.6 cm³/mol. The summed E-state index contributed by atoms with van der Waals surface area (Å²) >= 11 is 0. The van der Waals surface area contributed by atoms with E-state index in [1.54, 1.807) is 20.0 Å². The first-order valence-electron chi connectivity index (χ1n) is 6.77. The molecule has 0 heterocycles. The van der Waals surface area contributed by atoms with Crippen molar-refractivity contribution in [1.82, 2.24) is 0 Å². The number of ketones is 2. The number of rotatable bonds is 7. The Morgan fingerprint density at radius 2 is 1.95 bits per heavy atom. The lowest BCUT2D eigenvalue weighted by molar-refractivity contribution is -0.116. The van der Waals surface area contributed by atoms with Crippen molar-refractivity contribution in [2.24, 2.45) is 0 Å². The Hall–Kier alpha value is -2.04. The number of hydrogen-bond acceptors (Lipinski definition) is 5. The maximum Gasteiger partial charge on any atom is 0.161 e. The Morgan fingerprint density at radius 3 is 2.40 bits per heavy atom. The largest absolute Gasteiger partial charge is 0.397 e. The molecule has 0 aromatic heterocycles. The van der Waals surface area contributed by atoms with E-state index in [9.17, 15) is 9.59 Å². The molecule has 1 rings (SSSR count). The molecule has 20 heavy (non-hydrogen) atoms. The van der Waals surface area contributed by atoms with Crippen LogP contribution >= 0.6 is 0 Å². The van der Waals surface area contributed by atoms with E-state index in [1.807, 2.05) is 17.9 Å². The van der Waals surface area contributed by atoms with Gasteiger partial charge in [-0.05, 0) is 32.9 Å². The average Bonchev–Trinajstić information content (AvgIpc) is 2.39. The van der Waals surface area contributed by atoms with Crippen molar-refractivity contribution >= 4 is 28.6 Å². The lowest BCUT2D eigenvalue weighted by atomic mass is 10.1. The molecule has 0 amide bonds. The highest BCUT2D eigenvalue weighted by Crippen LogP contribution is 2.30. The van der Waals surface area contributed by atoms with Crippen LogP contribution in [0, 0.1) is 0 Å². The first kappa shape index (κ1) is 16.0. The molecule has 0 saturated carbocycles. The molecule has 5 heteroatoms. The second-order valence-corrected chi connectivity index (χ2v) is 4.79. The average molecular weight is 277 g/mol. The number of nitrogens with two attached hydrogens (primary N) is 1. The summed E-state index contributed by atoms with van der Waals surface area (Å²) in [5.74, 6) is 0.104. The fourth-order valence-corrected chi connectivity index (χ4v) is 2.11. The van der Waals surface area contributed by atoms with Gasteiger partial charge in [-0.15, -0.1) is 0 Å². The molecule has 3 N–H and O–H groups in total. The minimum absolute atomic E-state index is 0.0318. The molecular weight excluding hydrogens is 254 g/mol. The fraction of sp³-hybridized carbons (Fsp3) is 0.467. The van der Waals surface area contributed by atoms with Gasteiger partial charge in [0.15, 0.2) is 5.78 Å². The van der Waals surface area contributed by atoms with E-state index in [4.69, 9.17) is 5.73 Å². The molecule has 0 aliphatic carbocycles. The predicted octanol–water partition coefficient (Wildman–Crippen LogP) is 2.32. The van der Waals surface area contributed by atoms with Gasteiger partial charge in [0, 0.05) is 37.8 Å². The number of hydrogen-bond donors (Lipinski definition) is 2. The molecule has 0 aliphatic rings. The number of carbonyl (C=O) groups is 2. The maximum atomic E-state index is 11.8. The number of nitrogens with zero attached hydrogens (tertiary/aromatic N) is 1. The molecule has 0 radical (unpaired) electrons. The van der Waals surface area contributed by atoms with Crippen molar-refractivity contribution in [3.05, 3.63) is 17.7 Å². The normalized spacial score (nSPS) is 10.2. The minimum Gasteiger partial charge on any atom is -0.397 e. The highest BCUT2D eigenvalue weighted by Gasteiger charge is 2.16. The van der Waals surface area contributed by atoms with Gasteiger partial charge in [0.1, 0.15) is 5.78 Å². The first-order chi connectivity index (χ1) is 9.40. The summed E-state index contributed by atoms with van der Waals surface area (Å²) in [6.45, 7) is 6.41. The number of Topliss-reactive ketones (excluding diaryl/α,β-unsaturated/α-hetero) is 2. The molecule has 0 unspecified atom stereocenters. The summed E-state index contributed by atoms with van der Waals surface area (Å²) < 4.78 is 0. The van der Waals surface area contributed by atoms with Crippen LogP contribution in [0.2, 0.25) is 0 Å². The molecule has 0 bridgehead atoms. The number of nitrogen functional groups attached to an aromatic ring is 1. The monoisotopic (exact) mass is 277 g/mol. The van der Waals surface area contributed by atoms with Crippen molar-refractivity contribution in [3.63, 3.8) is 0 Å². The Kier molecular flexibility index (Phi) is 5.55. The first-order valence-corrected chi connectivity index (χ1v) is 6.77. The van der Waals surface area contributed by atoms with E-state index in [1.165, 1.54) is 6.92 Å². The summed E-state index contributed by atoms with van der Waals surface area (Å²) in [5, 5.41) is 3.02. The Bertz CT molecular complexity index is 512. The molecule has 0 atom stereocenters. The van der Waals surface area contributed by atoms with E-state index < -0.39 is 0 Å². The molecule has 5 nitrogen and oxygen atoms in total. The summed E-state index contributed by atoms with van der Waals surface area (Å²) in [7, 11) is 1.79. The molecule has 1 aromatic carbocycles. The topological polar surface area (TPSA) is 75.4 Å². The number of carbonyl (C=O) groups excluding carboxylic acids is 2. The third-order valence-corrected chi connectivity index (χ3v) is 3.27. The van der Waals surface area contributed by atoms with Crippen LogP contribution in [0.1, 0.15) is 37.6 Å². The van der Waals surface area contributed by atoms with Crippen LogP contribution in [0.25, 0.3) is 0 Å². The minimum atomic E-state index is -0.0318. The molecule has 1 aromatic rings. The highest BCUT2D eigenvalue weighted by atomic mass is 16.1. The lowest BCUT2D eigenvalue weighted by Crippen LogP contribution is -2.27. The van der Waals surface area contributed by atoms with Gasteiger partial charge in [-0.1, -0.05) is 0 Å². The molecule has 0 aliphatic heterocycles. The number of nitrogens with one attached hydrogen (secondary N) is 1. The smallest absolute Gasteiger partial charge is 0.161 e. The third kappa shape index (κ3) is 3.73. The van der Waals surface area contributed by atoms with Crippen molar-refractivity contribution in [2.75, 3.05) is 36.1 Å². The third-order valence-electron chi connectivity index (χ3n) is 3.27. The van der Waals surface area contributed by atoms with Gasteiger partial charge >= 0.3 is 0 Å². The Balaban J connectivity index is 3.23. The second-order valence-electron chi connectivity index (χ2n) is 4.79. The summed E-state index contributed by atoms with van der Waals surface area (Å²) in [6.07, 6.45) is 0.463. The van der Waals surface area contributed by atoms with Crippen LogP contribution in [-0.2, 0) is 4.79 Å². The SMILES string of the molecule is CCN(CCC(C)=O)c1cc(NC)c(N)cc1C(C)=O. The van der Waals surface area contributed by atoms with Crippen LogP contribution in [0.15, 0.2) is 12.1 Å². The molecule has 0 fully saturated rings. The molecule has 0 saturated heterocycles. The van der Waals surface area contributed by atoms with Crippen molar-refractivity contribution < 1.29 is 9.59 Å². The van der Waals surface area contributed by atoms with Crippen molar-refractivity contribution in [1.29, 1.82) is 0 Å². The summed E-state index contributed by atoms with van der Waals surface area (Å²) in [4.78, 5) is 25.0. The van der Waals surface area contributed by atoms with Crippen LogP contribution in [0.5, 0.6) is 0 Å². The summed E-state index contributed by atoms with van der Waals surface area (Å²) in [6, 6.07) is 3.57. The summed E-state index contributed by atoms with van der Waals surface area (Å²) in [5.41, 5.74) is 8.65. The van der Waals surface area contributed by atoms with Crippen LogP contribution in [0.4, 0.5) is 17.1 Å². The van der Waals surface area contributed by atoms with Gasteiger partial charge in [0.05, 0.1) is 11.4 Å². The van der Waals surface area contributed by atoms with E-state index in [0.717, 1.165) is 17.9 Å². The Morgan fingerprint density at radius 1 is 1.30 bits per heavy atom. The van der Waals surface area contributed by atoms with Crippen molar-refractivity contribution in [3.8, 4) is 0 Å². The van der Waals surface area contributed by atoms with E-state index in [-0.39, 0.29) is 11.6 Å². The molecular formula is C15H23N3O2. The maximum absolute atomic E-state index is 11.8. The van der Waals surface area contributed by atoms with E-state index >= 15 is 0 Å². The van der Waals surface area contributed by atoms with Gasteiger partial charge < -0.3 is 16.0 Å². The van der Waals surface area contributed by atoms with Crippen LogP contribution < -0.4 is 16.0 Å². The zero-order valence-corrected chi connectivity index (χ0v) is 12.6. The molecule has 110 valence electrons. The standard InChI is InChI=1S/C15H23N3O2/c1-5-18(7-6-10(2)19)15-9-14(17-4)13(16)8-12(15)11(3)20/h8-9,17H,5-7,16H2,1-4H3. The van der Waals surface area contributed by atoms with Crippen LogP contribution in [0.3, 0.4) is 0 Å². The van der Waals surface area contributed by atoms with Gasteiger partial charge in [0.2, 0.25) is 0 Å². The highest BCUT2D eigenvalue weighted by molar-refractivity contribution is 6.02. The number of benzene rings is 1. The van der Waals surface area contributed by atoms with Gasteiger partial charge in [0.25, 0.3) is 0 Å². The van der Waals surface area contributed by atoms with Crippen LogP contribution in [-0.4, -0.2) is 31.7 Å². The number of anilines is 3. The van der Waals surface area contributed by atoms with Gasteiger partial charge in [-0.25, -0.2) is 0 Å². The van der Waals surface area contributed by atoms with Crippen molar-refractivity contribution in [2.45, 2.75) is 27.2 Å². The fourth-order valence-electron chi connectivity index (χ4n) is 2.11. The second kappa shape index (κ2) is 6.93. The Labute approximate surface area is 120 Å². The lowest BCUT2D eigenvalue weighted by Gasteiger charge is -2.26. The quantitative estimate of drug-likeness (QED) is 0.591. The van der Waals surface area contributed by atoms with Gasteiger partial charge in [-0.3, -0.25) is 9.59 Å². The zero-order chi connectivity index (χ0) is 15.3.